The van der Waals surface area contributed by atoms with Crippen LogP contribution in [0.25, 0.3) is 0 Å². The van der Waals surface area contributed by atoms with Gasteiger partial charge in [-0.05, 0) is 32.4 Å². The normalized spacial score (nSPS) is 12.0. The molecule has 0 spiro atoms. The van der Waals surface area contributed by atoms with Crippen LogP contribution in [-0.4, -0.2) is 24.9 Å². The summed E-state index contributed by atoms with van der Waals surface area (Å²) in [6, 6.07) is 2.01. The van der Waals surface area contributed by atoms with Crippen molar-refractivity contribution in [3.05, 3.63) is 21.4 Å². The highest BCUT2D eigenvalue weighted by atomic mass is 32.1. The molecule has 0 aliphatic carbocycles. The summed E-state index contributed by atoms with van der Waals surface area (Å²) in [5.74, 6) is -0.548. The molecular formula is C12H19N3O2S. The molecule has 1 aromatic rings. The van der Waals surface area contributed by atoms with Crippen LogP contribution in [0.2, 0.25) is 0 Å². The number of hydrogen-bond donors (Lipinski definition) is 3. The Hall–Kier alpha value is -1.40. The first-order chi connectivity index (χ1) is 8.43. The molecule has 100 valence electrons. The van der Waals surface area contributed by atoms with Crippen molar-refractivity contribution in [3.63, 3.8) is 0 Å². The zero-order chi connectivity index (χ0) is 13.7. The molecule has 0 radical (unpaired) electrons. The average Bonchev–Trinajstić information content (AvgIpc) is 2.65. The van der Waals surface area contributed by atoms with Crippen LogP contribution in [0.3, 0.4) is 0 Å². The Morgan fingerprint density at radius 2 is 2.06 bits per heavy atom. The molecule has 2 amide bonds. The van der Waals surface area contributed by atoms with Gasteiger partial charge >= 0.3 is 0 Å². The molecule has 0 aliphatic heterocycles. The van der Waals surface area contributed by atoms with Gasteiger partial charge in [0.25, 0.3) is 0 Å². The maximum Gasteiger partial charge on any atom is 0.239 e. The van der Waals surface area contributed by atoms with Crippen molar-refractivity contribution in [1.82, 2.24) is 10.6 Å². The van der Waals surface area contributed by atoms with E-state index in [9.17, 15) is 9.59 Å². The zero-order valence-electron chi connectivity index (χ0n) is 10.9. The van der Waals surface area contributed by atoms with Crippen molar-refractivity contribution >= 4 is 23.2 Å². The average molecular weight is 269 g/mol. The summed E-state index contributed by atoms with van der Waals surface area (Å²) in [5, 5.41) is 5.28. The lowest BCUT2D eigenvalue weighted by atomic mass is 10.1. The standard InChI is InChI=1S/C12H19N3O2S/c1-7-4-10(9(3)18-7)8(2)15-12(17)6-14-11(16)5-13/h4,8H,5-6,13H2,1-3H3,(H,14,16)(H,15,17). The van der Waals surface area contributed by atoms with E-state index in [1.54, 1.807) is 11.3 Å². The Morgan fingerprint density at radius 3 is 2.56 bits per heavy atom. The third-order valence-corrected chi connectivity index (χ3v) is 3.54. The number of thiophene rings is 1. The number of hydrogen-bond acceptors (Lipinski definition) is 4. The lowest BCUT2D eigenvalue weighted by Gasteiger charge is -2.14. The van der Waals surface area contributed by atoms with Gasteiger partial charge in [0.05, 0.1) is 19.1 Å². The first kappa shape index (κ1) is 14.7. The highest BCUT2D eigenvalue weighted by Gasteiger charge is 2.13. The van der Waals surface area contributed by atoms with Gasteiger partial charge in [0.1, 0.15) is 0 Å². The van der Waals surface area contributed by atoms with E-state index in [1.807, 2.05) is 20.8 Å². The van der Waals surface area contributed by atoms with E-state index < -0.39 is 0 Å². The van der Waals surface area contributed by atoms with Gasteiger partial charge in [-0.15, -0.1) is 11.3 Å². The van der Waals surface area contributed by atoms with Crippen LogP contribution < -0.4 is 16.4 Å². The quantitative estimate of drug-likeness (QED) is 0.732. The number of carbonyl (C=O) groups excluding carboxylic acids is 2. The van der Waals surface area contributed by atoms with Gasteiger partial charge in [-0.1, -0.05) is 0 Å². The Morgan fingerprint density at radius 1 is 1.39 bits per heavy atom. The van der Waals surface area contributed by atoms with Gasteiger partial charge < -0.3 is 16.4 Å². The second kappa shape index (κ2) is 6.51. The van der Waals surface area contributed by atoms with E-state index in [4.69, 9.17) is 5.73 Å². The van der Waals surface area contributed by atoms with E-state index in [-0.39, 0.29) is 30.9 Å². The van der Waals surface area contributed by atoms with Crippen molar-refractivity contribution in [2.24, 2.45) is 5.73 Å². The van der Waals surface area contributed by atoms with Gasteiger partial charge in [-0.25, -0.2) is 0 Å². The van der Waals surface area contributed by atoms with Crippen molar-refractivity contribution in [2.45, 2.75) is 26.8 Å². The predicted molar refractivity (Wildman–Crippen MR) is 72.4 cm³/mol. The topological polar surface area (TPSA) is 84.2 Å². The fourth-order valence-corrected chi connectivity index (χ4v) is 2.72. The summed E-state index contributed by atoms with van der Waals surface area (Å²) < 4.78 is 0. The van der Waals surface area contributed by atoms with Crippen LogP contribution in [-0.2, 0) is 9.59 Å². The zero-order valence-corrected chi connectivity index (χ0v) is 11.7. The highest BCUT2D eigenvalue weighted by molar-refractivity contribution is 7.12. The molecule has 0 saturated carbocycles. The van der Waals surface area contributed by atoms with Crippen LogP contribution >= 0.6 is 11.3 Å². The Bertz CT molecular complexity index is 443. The second-order valence-corrected chi connectivity index (χ2v) is 5.60. The first-order valence-corrected chi connectivity index (χ1v) is 6.58. The fourth-order valence-electron chi connectivity index (χ4n) is 1.70. The van der Waals surface area contributed by atoms with Crippen LogP contribution in [0.4, 0.5) is 0 Å². The summed E-state index contributed by atoms with van der Waals surface area (Å²) in [5.41, 5.74) is 6.25. The minimum absolute atomic E-state index is 0.0391. The van der Waals surface area contributed by atoms with Gasteiger partial charge in [0.2, 0.25) is 11.8 Å². The summed E-state index contributed by atoms with van der Waals surface area (Å²) in [6.07, 6.45) is 0. The molecule has 1 aromatic heterocycles. The second-order valence-electron chi connectivity index (χ2n) is 4.14. The number of rotatable bonds is 5. The molecule has 1 heterocycles. The van der Waals surface area contributed by atoms with Crippen LogP contribution in [0.5, 0.6) is 0 Å². The SMILES string of the molecule is Cc1cc(C(C)NC(=O)CNC(=O)CN)c(C)s1. The monoisotopic (exact) mass is 269 g/mol. The van der Waals surface area contributed by atoms with E-state index in [1.165, 1.54) is 9.75 Å². The molecule has 0 aromatic carbocycles. The summed E-state index contributed by atoms with van der Waals surface area (Å²) >= 11 is 1.71. The smallest absolute Gasteiger partial charge is 0.239 e. The third kappa shape index (κ3) is 4.12. The number of nitrogens with one attached hydrogen (secondary N) is 2. The number of nitrogens with two attached hydrogens (primary N) is 1. The Labute approximate surface area is 111 Å². The van der Waals surface area contributed by atoms with Crippen LogP contribution in [0.15, 0.2) is 6.07 Å². The first-order valence-electron chi connectivity index (χ1n) is 5.77. The largest absolute Gasteiger partial charge is 0.348 e. The summed E-state index contributed by atoms with van der Waals surface area (Å²) in [4.78, 5) is 24.9. The molecule has 5 nitrogen and oxygen atoms in total. The minimum atomic E-state index is -0.333. The van der Waals surface area contributed by atoms with Gasteiger partial charge in [0.15, 0.2) is 0 Å². The summed E-state index contributed by atoms with van der Waals surface area (Å²) in [6.45, 7) is 5.86. The molecule has 4 N–H and O–H groups in total. The van der Waals surface area contributed by atoms with Crippen molar-refractivity contribution < 1.29 is 9.59 Å². The van der Waals surface area contributed by atoms with Gasteiger partial charge in [-0.2, -0.15) is 0 Å². The Balaban J connectivity index is 2.49. The highest BCUT2D eigenvalue weighted by Crippen LogP contribution is 2.25. The molecular weight excluding hydrogens is 250 g/mol. The fraction of sp³-hybridized carbons (Fsp3) is 0.500. The molecule has 0 bridgehead atoms. The van der Waals surface area contributed by atoms with E-state index in [0.29, 0.717) is 0 Å². The minimum Gasteiger partial charge on any atom is -0.348 e. The van der Waals surface area contributed by atoms with Crippen LogP contribution in [0.1, 0.15) is 28.3 Å². The van der Waals surface area contributed by atoms with E-state index in [0.717, 1.165) is 5.56 Å². The molecule has 18 heavy (non-hydrogen) atoms. The molecule has 0 saturated heterocycles. The lowest BCUT2D eigenvalue weighted by molar-refractivity contribution is -0.125. The maximum absolute atomic E-state index is 11.6. The van der Waals surface area contributed by atoms with Crippen LogP contribution in [0, 0.1) is 13.8 Å². The number of aryl methyl sites for hydroxylation is 2. The third-order valence-electron chi connectivity index (χ3n) is 2.55. The Kier molecular flexibility index (Phi) is 5.30. The molecule has 1 unspecified atom stereocenters. The molecule has 6 heteroatoms. The van der Waals surface area contributed by atoms with Crippen molar-refractivity contribution in [1.29, 1.82) is 0 Å². The molecule has 1 rings (SSSR count). The number of amides is 2. The van der Waals surface area contributed by atoms with Crippen molar-refractivity contribution in [2.75, 3.05) is 13.1 Å². The number of carbonyl (C=O) groups is 2. The lowest BCUT2D eigenvalue weighted by Crippen LogP contribution is -2.40. The molecule has 0 fully saturated rings. The predicted octanol–water partition coefficient (Wildman–Crippen LogP) is 0.617. The molecule has 0 aliphatic rings. The maximum atomic E-state index is 11.6. The van der Waals surface area contributed by atoms with Gasteiger partial charge in [0, 0.05) is 9.75 Å². The van der Waals surface area contributed by atoms with E-state index >= 15 is 0 Å². The van der Waals surface area contributed by atoms with Crippen molar-refractivity contribution in [3.8, 4) is 0 Å². The van der Waals surface area contributed by atoms with E-state index in [2.05, 4.69) is 16.7 Å². The molecule has 1 atom stereocenters. The van der Waals surface area contributed by atoms with Gasteiger partial charge in [-0.3, -0.25) is 9.59 Å². The summed E-state index contributed by atoms with van der Waals surface area (Å²) in [7, 11) is 0.